The van der Waals surface area contributed by atoms with Gasteiger partial charge in [-0.05, 0) is 25.1 Å². The van der Waals surface area contributed by atoms with Crippen LogP contribution in [0.1, 0.15) is 17.4 Å². The summed E-state index contributed by atoms with van der Waals surface area (Å²) in [5.74, 6) is -1.80. The Labute approximate surface area is 162 Å². The quantitative estimate of drug-likeness (QED) is 0.725. The van der Waals surface area contributed by atoms with Crippen molar-refractivity contribution in [1.29, 1.82) is 0 Å². The van der Waals surface area contributed by atoms with Gasteiger partial charge in [0.25, 0.3) is 0 Å². The van der Waals surface area contributed by atoms with Crippen molar-refractivity contribution >= 4 is 34.0 Å². The number of aromatic nitrogens is 3. The lowest BCUT2D eigenvalue weighted by atomic mass is 10.2. The monoisotopic (exact) mass is 403 g/mol. The first kappa shape index (κ1) is 18.2. The second kappa shape index (κ2) is 6.79. The fourth-order valence-corrected chi connectivity index (χ4v) is 3.73. The Bertz CT molecular complexity index is 1090. The molecule has 0 saturated carbocycles. The standard InChI is InChI=1S/C18H15F2N5O2S/c1-9-16(27)15-17(24(9)2)21-8-25(15)6-14(26)23-18-22-13(7-28-18)10-3-4-11(19)12(20)5-10/h3-5,7-9H,6H2,1-2H3,(H,22,23,26). The third-order valence-corrected chi connectivity index (χ3v) is 5.38. The zero-order chi connectivity index (χ0) is 20.0. The first-order chi connectivity index (χ1) is 13.3. The summed E-state index contributed by atoms with van der Waals surface area (Å²) in [6.45, 7) is 1.69. The van der Waals surface area contributed by atoms with Crippen molar-refractivity contribution in [3.63, 3.8) is 0 Å². The number of anilines is 2. The van der Waals surface area contributed by atoms with Crippen molar-refractivity contribution in [2.45, 2.75) is 19.5 Å². The Hall–Kier alpha value is -3.14. The SMILES string of the molecule is CC1C(=O)c2c(ncn2CC(=O)Nc2nc(-c3ccc(F)c(F)c3)cs2)N1C. The number of carbonyl (C=O) groups is 2. The van der Waals surface area contributed by atoms with Crippen molar-refractivity contribution in [3.8, 4) is 11.3 Å². The number of thiazole rings is 1. The number of amides is 1. The van der Waals surface area contributed by atoms with Crippen LogP contribution in [-0.4, -0.2) is 39.3 Å². The molecule has 1 aliphatic heterocycles. The van der Waals surface area contributed by atoms with Gasteiger partial charge in [0.05, 0.1) is 18.1 Å². The maximum atomic E-state index is 13.4. The van der Waals surface area contributed by atoms with Gasteiger partial charge in [0.1, 0.15) is 12.2 Å². The lowest BCUT2D eigenvalue weighted by Gasteiger charge is -2.14. The first-order valence-electron chi connectivity index (χ1n) is 8.38. The highest BCUT2D eigenvalue weighted by atomic mass is 32.1. The number of Topliss-reactive ketones (excluding diaryl/α,β-unsaturated/α-hetero) is 1. The summed E-state index contributed by atoms with van der Waals surface area (Å²) >= 11 is 1.16. The fraction of sp³-hybridized carbons (Fsp3) is 0.222. The molecular formula is C18H15F2N5O2S. The van der Waals surface area contributed by atoms with E-state index in [9.17, 15) is 18.4 Å². The molecule has 1 N–H and O–H groups in total. The van der Waals surface area contributed by atoms with Crippen molar-refractivity contribution in [1.82, 2.24) is 14.5 Å². The number of ketones is 1. The summed E-state index contributed by atoms with van der Waals surface area (Å²) in [7, 11) is 1.78. The number of hydrogen-bond donors (Lipinski definition) is 1. The van der Waals surface area contributed by atoms with E-state index in [1.54, 1.807) is 24.3 Å². The van der Waals surface area contributed by atoms with Crippen LogP contribution in [0.3, 0.4) is 0 Å². The number of likely N-dealkylation sites (N-methyl/N-ethyl adjacent to an activating group) is 1. The van der Waals surface area contributed by atoms with Crippen LogP contribution in [0.15, 0.2) is 29.9 Å². The van der Waals surface area contributed by atoms with Gasteiger partial charge in [0.15, 0.2) is 22.6 Å². The van der Waals surface area contributed by atoms with Gasteiger partial charge in [-0.15, -0.1) is 11.3 Å². The highest BCUT2D eigenvalue weighted by Crippen LogP contribution is 2.29. The topological polar surface area (TPSA) is 80.1 Å². The molecule has 1 amide bonds. The van der Waals surface area contributed by atoms with E-state index in [4.69, 9.17) is 0 Å². The van der Waals surface area contributed by atoms with Crippen LogP contribution in [0, 0.1) is 11.6 Å². The number of benzene rings is 1. The van der Waals surface area contributed by atoms with E-state index in [1.165, 1.54) is 17.0 Å². The first-order valence-corrected chi connectivity index (χ1v) is 9.26. The lowest BCUT2D eigenvalue weighted by Crippen LogP contribution is -2.29. The van der Waals surface area contributed by atoms with Crippen LogP contribution in [0.2, 0.25) is 0 Å². The third kappa shape index (κ3) is 3.05. The van der Waals surface area contributed by atoms with Gasteiger partial charge in [-0.3, -0.25) is 9.59 Å². The van der Waals surface area contributed by atoms with E-state index >= 15 is 0 Å². The molecule has 0 fully saturated rings. The smallest absolute Gasteiger partial charge is 0.246 e. The highest BCUT2D eigenvalue weighted by molar-refractivity contribution is 7.14. The Morgan fingerprint density at radius 2 is 2.11 bits per heavy atom. The van der Waals surface area contributed by atoms with Gasteiger partial charge < -0.3 is 14.8 Å². The van der Waals surface area contributed by atoms with Crippen molar-refractivity contribution < 1.29 is 18.4 Å². The molecule has 3 heterocycles. The number of nitrogens with one attached hydrogen (secondary N) is 1. The van der Waals surface area contributed by atoms with Crippen molar-refractivity contribution in [2.75, 3.05) is 17.3 Å². The van der Waals surface area contributed by atoms with Crippen molar-refractivity contribution in [2.24, 2.45) is 0 Å². The number of fused-ring (bicyclic) bond motifs is 1. The zero-order valence-corrected chi connectivity index (χ0v) is 15.8. The molecule has 0 spiro atoms. The summed E-state index contributed by atoms with van der Waals surface area (Å²) in [6, 6.07) is 3.17. The Balaban J connectivity index is 1.47. The molecule has 28 heavy (non-hydrogen) atoms. The van der Waals surface area contributed by atoms with Gasteiger partial charge in [0, 0.05) is 18.0 Å². The minimum atomic E-state index is -0.964. The molecule has 2 aromatic heterocycles. The fourth-order valence-electron chi connectivity index (χ4n) is 2.99. The summed E-state index contributed by atoms with van der Waals surface area (Å²) < 4.78 is 27.9. The van der Waals surface area contributed by atoms with Crippen LogP contribution in [0.25, 0.3) is 11.3 Å². The molecule has 0 bridgehead atoms. The molecule has 0 saturated heterocycles. The molecule has 1 unspecified atom stereocenters. The average molecular weight is 403 g/mol. The van der Waals surface area contributed by atoms with E-state index in [-0.39, 0.29) is 24.3 Å². The number of hydrogen-bond acceptors (Lipinski definition) is 6. The minimum absolute atomic E-state index is 0.0855. The van der Waals surface area contributed by atoms with Gasteiger partial charge >= 0.3 is 0 Å². The van der Waals surface area contributed by atoms with Crippen LogP contribution in [0.4, 0.5) is 19.7 Å². The molecule has 4 rings (SSSR count). The third-order valence-electron chi connectivity index (χ3n) is 4.63. The molecule has 0 radical (unpaired) electrons. The highest BCUT2D eigenvalue weighted by Gasteiger charge is 2.36. The van der Waals surface area contributed by atoms with E-state index in [0.29, 0.717) is 27.9 Å². The largest absolute Gasteiger partial charge is 0.348 e. The van der Waals surface area contributed by atoms with Crippen molar-refractivity contribution in [3.05, 3.63) is 47.2 Å². The van der Waals surface area contributed by atoms with Crippen LogP contribution < -0.4 is 10.2 Å². The molecule has 1 aromatic carbocycles. The van der Waals surface area contributed by atoms with E-state index in [0.717, 1.165) is 23.5 Å². The summed E-state index contributed by atoms with van der Waals surface area (Å²) in [4.78, 5) is 34.9. The van der Waals surface area contributed by atoms with Gasteiger partial charge in [0.2, 0.25) is 11.7 Å². The summed E-state index contributed by atoms with van der Waals surface area (Å²) in [5.41, 5.74) is 1.24. The van der Waals surface area contributed by atoms with Gasteiger partial charge in [-0.1, -0.05) is 0 Å². The number of carbonyl (C=O) groups excluding carboxylic acids is 2. The Morgan fingerprint density at radius 1 is 1.32 bits per heavy atom. The lowest BCUT2D eigenvalue weighted by molar-refractivity contribution is -0.116. The predicted octanol–water partition coefficient (Wildman–Crippen LogP) is 2.94. The van der Waals surface area contributed by atoms with E-state index < -0.39 is 11.6 Å². The summed E-state index contributed by atoms with van der Waals surface area (Å²) in [6.07, 6.45) is 1.46. The normalized spacial score (nSPS) is 15.8. The second-order valence-electron chi connectivity index (χ2n) is 6.41. The zero-order valence-electron chi connectivity index (χ0n) is 14.9. The van der Waals surface area contributed by atoms with Gasteiger partial charge in [-0.25, -0.2) is 18.7 Å². The molecule has 1 atom stereocenters. The number of nitrogens with zero attached hydrogens (tertiary/aromatic N) is 4. The van der Waals surface area contributed by atoms with E-state index in [1.807, 2.05) is 0 Å². The molecule has 0 aliphatic carbocycles. The molecule has 7 nitrogen and oxygen atoms in total. The average Bonchev–Trinajstić information content (AvgIpc) is 3.33. The van der Waals surface area contributed by atoms with Crippen LogP contribution in [0.5, 0.6) is 0 Å². The number of halogens is 2. The molecule has 144 valence electrons. The molecule has 3 aromatic rings. The maximum absolute atomic E-state index is 13.4. The predicted molar refractivity (Wildman–Crippen MR) is 101 cm³/mol. The van der Waals surface area contributed by atoms with Crippen LogP contribution >= 0.6 is 11.3 Å². The number of imidazole rings is 1. The van der Waals surface area contributed by atoms with Crippen LogP contribution in [-0.2, 0) is 11.3 Å². The van der Waals surface area contributed by atoms with E-state index in [2.05, 4.69) is 15.3 Å². The Morgan fingerprint density at radius 3 is 2.86 bits per heavy atom. The number of rotatable bonds is 4. The minimum Gasteiger partial charge on any atom is -0.348 e. The second-order valence-corrected chi connectivity index (χ2v) is 7.27. The molecule has 10 heteroatoms. The Kier molecular flexibility index (Phi) is 4.42. The summed E-state index contributed by atoms with van der Waals surface area (Å²) in [5, 5.41) is 4.61. The molecule has 1 aliphatic rings. The maximum Gasteiger partial charge on any atom is 0.246 e. The molecular weight excluding hydrogens is 388 g/mol. The van der Waals surface area contributed by atoms with Gasteiger partial charge in [-0.2, -0.15) is 0 Å².